The highest BCUT2D eigenvalue weighted by molar-refractivity contribution is 6.45. The molecule has 13 heavy (non-hydrogen) atoms. The SMILES string of the molecule is CN(C)CCN=C1NC(=O)C(=O)N1. The molecule has 1 rings (SSSR count). The van der Waals surface area contributed by atoms with Crippen molar-refractivity contribution in [3.8, 4) is 0 Å². The Kier molecular flexibility index (Phi) is 2.97. The van der Waals surface area contributed by atoms with E-state index in [1.807, 2.05) is 19.0 Å². The molecular formula is C7H12N4O2. The fourth-order valence-electron chi connectivity index (χ4n) is 0.801. The lowest BCUT2D eigenvalue weighted by molar-refractivity contribution is -0.135. The number of carbonyl (C=O) groups excluding carboxylic acids is 2. The topological polar surface area (TPSA) is 73.8 Å². The first-order valence-corrected chi connectivity index (χ1v) is 3.91. The number of guanidine groups is 1. The van der Waals surface area contributed by atoms with E-state index in [-0.39, 0.29) is 5.96 Å². The lowest BCUT2D eigenvalue weighted by Gasteiger charge is -2.05. The summed E-state index contributed by atoms with van der Waals surface area (Å²) in [7, 11) is 3.85. The van der Waals surface area contributed by atoms with E-state index >= 15 is 0 Å². The third-order valence-corrected chi connectivity index (χ3v) is 1.49. The molecular weight excluding hydrogens is 172 g/mol. The summed E-state index contributed by atoms with van der Waals surface area (Å²) in [6, 6.07) is 0. The molecule has 0 bridgehead atoms. The summed E-state index contributed by atoms with van der Waals surface area (Å²) in [6.07, 6.45) is 0. The van der Waals surface area contributed by atoms with Gasteiger partial charge in [0.05, 0.1) is 6.54 Å². The van der Waals surface area contributed by atoms with Gasteiger partial charge >= 0.3 is 11.8 Å². The van der Waals surface area contributed by atoms with E-state index in [9.17, 15) is 9.59 Å². The van der Waals surface area contributed by atoms with Gasteiger partial charge in [-0.3, -0.25) is 25.2 Å². The molecule has 0 unspecified atom stereocenters. The number of nitrogens with one attached hydrogen (secondary N) is 2. The number of likely N-dealkylation sites (N-methyl/N-ethyl adjacent to an activating group) is 1. The van der Waals surface area contributed by atoms with Crippen molar-refractivity contribution < 1.29 is 9.59 Å². The van der Waals surface area contributed by atoms with E-state index in [2.05, 4.69) is 15.6 Å². The molecule has 6 nitrogen and oxygen atoms in total. The normalized spacial score (nSPS) is 16.1. The quantitative estimate of drug-likeness (QED) is 0.506. The monoisotopic (exact) mass is 184 g/mol. The number of hydrogen-bond donors (Lipinski definition) is 2. The highest BCUT2D eigenvalue weighted by Crippen LogP contribution is 1.83. The zero-order chi connectivity index (χ0) is 9.84. The molecule has 0 spiro atoms. The summed E-state index contributed by atoms with van der Waals surface area (Å²) in [5.74, 6) is -1.05. The molecule has 2 amide bonds. The van der Waals surface area contributed by atoms with E-state index in [4.69, 9.17) is 0 Å². The van der Waals surface area contributed by atoms with Gasteiger partial charge in [-0.05, 0) is 14.1 Å². The first kappa shape index (κ1) is 9.66. The molecule has 0 aromatic carbocycles. The number of nitrogens with zero attached hydrogens (tertiary/aromatic N) is 2. The van der Waals surface area contributed by atoms with Crippen LogP contribution in [0.25, 0.3) is 0 Å². The summed E-state index contributed by atoms with van der Waals surface area (Å²) in [6.45, 7) is 1.32. The summed E-state index contributed by atoms with van der Waals surface area (Å²) >= 11 is 0. The van der Waals surface area contributed by atoms with Crippen LogP contribution < -0.4 is 10.6 Å². The van der Waals surface area contributed by atoms with E-state index in [1.165, 1.54) is 0 Å². The fourth-order valence-corrected chi connectivity index (χ4v) is 0.801. The largest absolute Gasteiger partial charge is 0.316 e. The predicted molar refractivity (Wildman–Crippen MR) is 47.1 cm³/mol. The van der Waals surface area contributed by atoms with Gasteiger partial charge in [0, 0.05) is 6.54 Å². The maximum Gasteiger partial charge on any atom is 0.316 e. The molecule has 0 saturated carbocycles. The summed E-state index contributed by atoms with van der Waals surface area (Å²) in [5.41, 5.74) is 0. The van der Waals surface area contributed by atoms with Crippen LogP contribution in [0, 0.1) is 0 Å². The minimum Gasteiger partial charge on any atom is -0.308 e. The van der Waals surface area contributed by atoms with Crippen LogP contribution in [-0.2, 0) is 9.59 Å². The Morgan fingerprint density at radius 1 is 1.23 bits per heavy atom. The molecule has 1 saturated heterocycles. The molecule has 1 aliphatic heterocycles. The van der Waals surface area contributed by atoms with Gasteiger partial charge in [-0.1, -0.05) is 0 Å². The Hall–Kier alpha value is -1.43. The number of carbonyl (C=O) groups is 2. The number of amides is 2. The molecule has 72 valence electrons. The second kappa shape index (κ2) is 3.99. The Morgan fingerprint density at radius 2 is 1.77 bits per heavy atom. The van der Waals surface area contributed by atoms with E-state index < -0.39 is 11.8 Å². The van der Waals surface area contributed by atoms with Crippen molar-refractivity contribution in [1.82, 2.24) is 15.5 Å². The molecule has 1 aliphatic rings. The van der Waals surface area contributed by atoms with Gasteiger partial charge in [0.25, 0.3) is 0 Å². The molecule has 1 fully saturated rings. The third kappa shape index (κ3) is 2.83. The molecule has 0 radical (unpaired) electrons. The van der Waals surface area contributed by atoms with Crippen LogP contribution in [0.4, 0.5) is 0 Å². The Morgan fingerprint density at radius 3 is 2.23 bits per heavy atom. The van der Waals surface area contributed by atoms with Crippen molar-refractivity contribution in [2.45, 2.75) is 0 Å². The van der Waals surface area contributed by atoms with Crippen molar-refractivity contribution in [2.75, 3.05) is 27.2 Å². The lowest BCUT2D eigenvalue weighted by Crippen LogP contribution is -2.27. The average molecular weight is 184 g/mol. The van der Waals surface area contributed by atoms with E-state index in [0.29, 0.717) is 6.54 Å². The van der Waals surface area contributed by atoms with Gasteiger partial charge < -0.3 is 4.90 Å². The summed E-state index contributed by atoms with van der Waals surface area (Å²) in [5, 5.41) is 4.62. The van der Waals surface area contributed by atoms with Crippen molar-refractivity contribution in [3.63, 3.8) is 0 Å². The third-order valence-electron chi connectivity index (χ3n) is 1.49. The Bertz CT molecular complexity index is 241. The van der Waals surface area contributed by atoms with Crippen LogP contribution in [0.3, 0.4) is 0 Å². The van der Waals surface area contributed by atoms with Gasteiger partial charge in [0.15, 0.2) is 0 Å². The minimum absolute atomic E-state index is 0.247. The highest BCUT2D eigenvalue weighted by Gasteiger charge is 2.24. The van der Waals surface area contributed by atoms with Gasteiger partial charge in [-0.2, -0.15) is 0 Å². The van der Waals surface area contributed by atoms with Crippen molar-refractivity contribution >= 4 is 17.8 Å². The second-order valence-corrected chi connectivity index (χ2v) is 2.94. The summed E-state index contributed by atoms with van der Waals surface area (Å²) in [4.78, 5) is 27.3. The van der Waals surface area contributed by atoms with Crippen LogP contribution in [-0.4, -0.2) is 49.9 Å². The zero-order valence-corrected chi connectivity index (χ0v) is 7.63. The Balaban J connectivity index is 2.37. The van der Waals surface area contributed by atoms with E-state index in [1.54, 1.807) is 0 Å². The van der Waals surface area contributed by atoms with Crippen molar-refractivity contribution in [3.05, 3.63) is 0 Å². The van der Waals surface area contributed by atoms with E-state index in [0.717, 1.165) is 6.54 Å². The highest BCUT2D eigenvalue weighted by atomic mass is 16.2. The molecule has 0 aromatic heterocycles. The zero-order valence-electron chi connectivity index (χ0n) is 7.63. The van der Waals surface area contributed by atoms with Crippen molar-refractivity contribution in [2.24, 2.45) is 4.99 Å². The summed E-state index contributed by atoms with van der Waals surface area (Å²) < 4.78 is 0. The minimum atomic E-state index is -0.649. The maximum absolute atomic E-state index is 10.7. The molecule has 1 heterocycles. The maximum atomic E-state index is 10.7. The fraction of sp³-hybridized carbons (Fsp3) is 0.571. The number of rotatable bonds is 3. The smallest absolute Gasteiger partial charge is 0.308 e. The Labute approximate surface area is 76.0 Å². The molecule has 0 aliphatic carbocycles. The average Bonchev–Trinajstić information content (AvgIpc) is 2.30. The van der Waals surface area contributed by atoms with Crippen LogP contribution in [0.15, 0.2) is 4.99 Å². The van der Waals surface area contributed by atoms with Crippen molar-refractivity contribution in [1.29, 1.82) is 0 Å². The first-order chi connectivity index (χ1) is 6.09. The van der Waals surface area contributed by atoms with Crippen LogP contribution in [0.2, 0.25) is 0 Å². The van der Waals surface area contributed by atoms with Gasteiger partial charge in [-0.25, -0.2) is 0 Å². The molecule has 2 N–H and O–H groups in total. The molecule has 0 aromatic rings. The van der Waals surface area contributed by atoms with Crippen LogP contribution >= 0.6 is 0 Å². The predicted octanol–water partition coefficient (Wildman–Crippen LogP) is -1.85. The van der Waals surface area contributed by atoms with Gasteiger partial charge in [-0.15, -0.1) is 0 Å². The molecule has 6 heteroatoms. The van der Waals surface area contributed by atoms with Crippen LogP contribution in [0.5, 0.6) is 0 Å². The van der Waals surface area contributed by atoms with Gasteiger partial charge in [0.2, 0.25) is 5.96 Å². The number of hydrogen-bond acceptors (Lipinski definition) is 4. The molecule has 0 atom stereocenters. The van der Waals surface area contributed by atoms with Crippen LogP contribution in [0.1, 0.15) is 0 Å². The first-order valence-electron chi connectivity index (χ1n) is 3.91. The lowest BCUT2D eigenvalue weighted by atomic mass is 10.6. The van der Waals surface area contributed by atoms with Gasteiger partial charge in [0.1, 0.15) is 0 Å². The standard InChI is InChI=1S/C7H12N4O2/c1-11(2)4-3-8-7-9-5(12)6(13)10-7/h3-4H2,1-2H3,(H2,8,9,10,12,13). The second-order valence-electron chi connectivity index (χ2n) is 2.94. The number of aliphatic imine (C=N–C) groups is 1.